The number of phenols is 2. The summed E-state index contributed by atoms with van der Waals surface area (Å²) >= 11 is 0. The number of para-hydroxylation sites is 1. The van der Waals surface area contributed by atoms with Crippen LogP contribution in [0.15, 0.2) is 42.5 Å². The van der Waals surface area contributed by atoms with Crippen molar-refractivity contribution < 1.29 is 14.9 Å². The third kappa shape index (κ3) is 3.66. The fourth-order valence-electron chi connectivity index (χ4n) is 2.24. The molecule has 0 saturated heterocycles. The van der Waals surface area contributed by atoms with E-state index in [1.165, 1.54) is 13.2 Å². The highest BCUT2D eigenvalue weighted by Crippen LogP contribution is 2.28. The van der Waals surface area contributed by atoms with Gasteiger partial charge in [-0.1, -0.05) is 24.3 Å². The van der Waals surface area contributed by atoms with Crippen LogP contribution in [0.4, 0.5) is 5.95 Å². The molecule has 4 N–H and O–H groups in total. The maximum Gasteiger partial charge on any atom is 0.224 e. The second kappa shape index (κ2) is 6.88. The largest absolute Gasteiger partial charge is 0.507 e. The van der Waals surface area contributed by atoms with Gasteiger partial charge in [0, 0.05) is 0 Å². The molecule has 0 atom stereocenters. The lowest BCUT2D eigenvalue weighted by Gasteiger charge is -2.05. The molecule has 0 radical (unpaired) electrons. The standard InChI is InChI=1S/C18H16N4O3/c1-25-15-10-11(6-8-14(15)24)7-9-16-20-17(22-18(19)21-16)12-4-2-3-5-13(12)23/h2-10,23-24H,1H3,(H2,19,20,21,22)/b9-7+. The van der Waals surface area contributed by atoms with Gasteiger partial charge in [0.15, 0.2) is 23.1 Å². The number of nitrogen functional groups attached to an aromatic ring is 1. The summed E-state index contributed by atoms with van der Waals surface area (Å²) in [5, 5.41) is 19.6. The summed E-state index contributed by atoms with van der Waals surface area (Å²) in [7, 11) is 1.48. The Balaban J connectivity index is 1.94. The average molecular weight is 336 g/mol. The van der Waals surface area contributed by atoms with Gasteiger partial charge < -0.3 is 20.7 Å². The summed E-state index contributed by atoms with van der Waals surface area (Å²) in [5.74, 6) is 1.17. The van der Waals surface area contributed by atoms with E-state index in [0.717, 1.165) is 5.56 Å². The quantitative estimate of drug-likeness (QED) is 0.671. The molecule has 3 aromatic rings. The van der Waals surface area contributed by atoms with Gasteiger partial charge in [0.05, 0.1) is 12.7 Å². The molecule has 126 valence electrons. The third-order valence-corrected chi connectivity index (χ3v) is 3.44. The van der Waals surface area contributed by atoms with E-state index in [1.54, 1.807) is 48.6 Å². The lowest BCUT2D eigenvalue weighted by molar-refractivity contribution is 0.373. The summed E-state index contributed by atoms with van der Waals surface area (Å²) in [6, 6.07) is 11.7. The number of nitrogens with zero attached hydrogens (tertiary/aromatic N) is 3. The van der Waals surface area contributed by atoms with Gasteiger partial charge in [-0.3, -0.25) is 0 Å². The van der Waals surface area contributed by atoms with E-state index in [2.05, 4.69) is 15.0 Å². The summed E-state index contributed by atoms with van der Waals surface area (Å²) in [5.41, 5.74) is 7.01. The molecule has 0 aliphatic carbocycles. The summed E-state index contributed by atoms with van der Waals surface area (Å²) in [6.07, 6.45) is 3.42. The van der Waals surface area contributed by atoms with Crippen LogP contribution in [0.1, 0.15) is 11.4 Å². The van der Waals surface area contributed by atoms with Crippen LogP contribution in [-0.4, -0.2) is 32.3 Å². The van der Waals surface area contributed by atoms with Gasteiger partial charge in [0.2, 0.25) is 5.95 Å². The first-order valence-corrected chi connectivity index (χ1v) is 7.42. The minimum atomic E-state index is 0.0520. The highest BCUT2D eigenvalue weighted by atomic mass is 16.5. The van der Waals surface area contributed by atoms with Crippen LogP contribution in [0.3, 0.4) is 0 Å². The smallest absolute Gasteiger partial charge is 0.224 e. The Morgan fingerprint density at radius 2 is 1.76 bits per heavy atom. The number of ether oxygens (including phenoxy) is 1. The van der Waals surface area contributed by atoms with Crippen molar-refractivity contribution in [2.24, 2.45) is 0 Å². The first kappa shape index (κ1) is 16.3. The van der Waals surface area contributed by atoms with Crippen LogP contribution in [-0.2, 0) is 0 Å². The van der Waals surface area contributed by atoms with E-state index in [9.17, 15) is 10.2 Å². The molecule has 0 bridgehead atoms. The summed E-state index contributed by atoms with van der Waals surface area (Å²) < 4.78 is 5.07. The SMILES string of the molecule is COc1cc(/C=C/c2nc(N)nc(-c3ccccc3O)n2)ccc1O. The van der Waals surface area contributed by atoms with Crippen LogP contribution in [0, 0.1) is 0 Å². The molecule has 0 unspecified atom stereocenters. The number of benzene rings is 2. The molecule has 0 aliphatic heterocycles. The van der Waals surface area contributed by atoms with Gasteiger partial charge >= 0.3 is 0 Å². The van der Waals surface area contributed by atoms with E-state index in [4.69, 9.17) is 10.5 Å². The molecule has 2 aromatic carbocycles. The molecule has 0 saturated carbocycles. The van der Waals surface area contributed by atoms with Crippen molar-refractivity contribution >= 4 is 18.1 Å². The monoisotopic (exact) mass is 336 g/mol. The van der Waals surface area contributed by atoms with Gasteiger partial charge in [-0.15, -0.1) is 0 Å². The maximum absolute atomic E-state index is 9.94. The first-order valence-electron chi connectivity index (χ1n) is 7.42. The highest BCUT2D eigenvalue weighted by molar-refractivity contribution is 5.70. The normalized spacial score (nSPS) is 10.9. The fourth-order valence-corrected chi connectivity index (χ4v) is 2.24. The van der Waals surface area contributed by atoms with Crippen molar-refractivity contribution in [1.29, 1.82) is 0 Å². The molecular formula is C18H16N4O3. The van der Waals surface area contributed by atoms with Gasteiger partial charge in [-0.25, -0.2) is 4.98 Å². The molecule has 7 heteroatoms. The van der Waals surface area contributed by atoms with Crippen LogP contribution in [0.2, 0.25) is 0 Å². The second-order valence-corrected chi connectivity index (χ2v) is 5.16. The molecule has 7 nitrogen and oxygen atoms in total. The Bertz CT molecular complexity index is 941. The number of nitrogens with two attached hydrogens (primary N) is 1. The van der Waals surface area contributed by atoms with Crippen LogP contribution < -0.4 is 10.5 Å². The van der Waals surface area contributed by atoms with Crippen molar-refractivity contribution in [3.8, 4) is 28.6 Å². The Morgan fingerprint density at radius 1 is 0.960 bits per heavy atom. The molecule has 1 aromatic heterocycles. The lowest BCUT2D eigenvalue weighted by Crippen LogP contribution is -2.02. The first-order chi connectivity index (χ1) is 12.1. The number of aromatic hydroxyl groups is 2. The fraction of sp³-hybridized carbons (Fsp3) is 0.0556. The number of hydrogen-bond donors (Lipinski definition) is 3. The van der Waals surface area contributed by atoms with E-state index in [-0.39, 0.29) is 23.3 Å². The van der Waals surface area contributed by atoms with Crippen LogP contribution in [0.25, 0.3) is 23.5 Å². The topological polar surface area (TPSA) is 114 Å². The summed E-state index contributed by atoms with van der Waals surface area (Å²) in [4.78, 5) is 12.4. The number of phenolic OH excluding ortho intramolecular Hbond substituents is 2. The van der Waals surface area contributed by atoms with Crippen molar-refractivity contribution in [1.82, 2.24) is 15.0 Å². The van der Waals surface area contributed by atoms with Gasteiger partial charge in [-0.2, -0.15) is 9.97 Å². The van der Waals surface area contributed by atoms with Crippen molar-refractivity contribution in [2.75, 3.05) is 12.8 Å². The molecule has 1 heterocycles. The van der Waals surface area contributed by atoms with Crippen molar-refractivity contribution in [3.63, 3.8) is 0 Å². The number of anilines is 1. The predicted octanol–water partition coefficient (Wildman–Crippen LogP) is 2.71. The minimum Gasteiger partial charge on any atom is -0.507 e. The highest BCUT2D eigenvalue weighted by Gasteiger charge is 2.09. The number of aromatic nitrogens is 3. The molecule has 0 spiro atoms. The van der Waals surface area contributed by atoms with Crippen molar-refractivity contribution in [3.05, 3.63) is 53.9 Å². The maximum atomic E-state index is 9.94. The van der Waals surface area contributed by atoms with Crippen LogP contribution in [0.5, 0.6) is 17.2 Å². The Kier molecular flexibility index (Phi) is 4.47. The zero-order valence-corrected chi connectivity index (χ0v) is 13.4. The van der Waals surface area contributed by atoms with E-state index >= 15 is 0 Å². The van der Waals surface area contributed by atoms with Gasteiger partial charge in [-0.05, 0) is 35.9 Å². The minimum absolute atomic E-state index is 0.0520. The number of rotatable bonds is 4. The molecule has 0 fully saturated rings. The van der Waals surface area contributed by atoms with Gasteiger partial charge in [0.25, 0.3) is 0 Å². The van der Waals surface area contributed by atoms with E-state index in [0.29, 0.717) is 17.1 Å². The zero-order chi connectivity index (χ0) is 17.8. The molecule has 0 aliphatic rings. The number of methoxy groups -OCH3 is 1. The average Bonchev–Trinajstić information content (AvgIpc) is 2.61. The van der Waals surface area contributed by atoms with Gasteiger partial charge in [0.1, 0.15) is 5.75 Å². The van der Waals surface area contributed by atoms with E-state index < -0.39 is 0 Å². The lowest BCUT2D eigenvalue weighted by atomic mass is 10.2. The van der Waals surface area contributed by atoms with Crippen molar-refractivity contribution in [2.45, 2.75) is 0 Å². The molecule has 3 rings (SSSR count). The van der Waals surface area contributed by atoms with E-state index in [1.807, 2.05) is 0 Å². The molecular weight excluding hydrogens is 320 g/mol. The summed E-state index contributed by atoms with van der Waals surface area (Å²) in [6.45, 7) is 0. The van der Waals surface area contributed by atoms with Crippen LogP contribution >= 0.6 is 0 Å². The second-order valence-electron chi connectivity index (χ2n) is 5.16. The Hall–Kier alpha value is -3.61. The number of hydrogen-bond acceptors (Lipinski definition) is 7. The molecule has 25 heavy (non-hydrogen) atoms. The molecule has 0 amide bonds. The Morgan fingerprint density at radius 3 is 2.52 bits per heavy atom. The predicted molar refractivity (Wildman–Crippen MR) is 94.9 cm³/mol. The zero-order valence-electron chi connectivity index (χ0n) is 13.4. The third-order valence-electron chi connectivity index (χ3n) is 3.44. The Labute approximate surface area is 144 Å².